The van der Waals surface area contributed by atoms with Gasteiger partial charge in [-0.25, -0.2) is 0 Å². The summed E-state index contributed by atoms with van der Waals surface area (Å²) in [5.41, 5.74) is 2.35. The summed E-state index contributed by atoms with van der Waals surface area (Å²) in [6.45, 7) is 1.41. The van der Waals surface area contributed by atoms with Crippen LogP contribution in [0.15, 0.2) is 24.3 Å². The maximum atomic E-state index is 12.4. The summed E-state index contributed by atoms with van der Waals surface area (Å²) in [6.07, 6.45) is 4.98. The average molecular weight is 303 g/mol. The molecule has 1 aliphatic heterocycles. The van der Waals surface area contributed by atoms with Crippen LogP contribution in [0.5, 0.6) is 0 Å². The second-order valence-corrected chi connectivity index (χ2v) is 6.11. The summed E-state index contributed by atoms with van der Waals surface area (Å²) >= 11 is 5.19. The number of thiocarbonyl (C=S) groups is 1. The molecule has 3 rings (SSSR count). The van der Waals surface area contributed by atoms with Crippen LogP contribution in [0.3, 0.4) is 0 Å². The Kier molecular flexibility index (Phi) is 4.39. The maximum absolute atomic E-state index is 12.4. The molecule has 0 spiro atoms. The number of rotatable bonds is 4. The summed E-state index contributed by atoms with van der Waals surface area (Å²) in [5, 5.41) is 7.01. The van der Waals surface area contributed by atoms with Gasteiger partial charge in [-0.15, -0.1) is 0 Å². The van der Waals surface area contributed by atoms with Crippen LogP contribution in [0.25, 0.3) is 0 Å². The van der Waals surface area contributed by atoms with Gasteiger partial charge in [0.25, 0.3) is 0 Å². The molecular weight excluding hydrogens is 282 g/mol. The van der Waals surface area contributed by atoms with E-state index < -0.39 is 0 Å². The van der Waals surface area contributed by atoms with E-state index in [4.69, 9.17) is 12.2 Å². The van der Waals surface area contributed by atoms with Gasteiger partial charge < -0.3 is 15.5 Å². The van der Waals surface area contributed by atoms with Crippen molar-refractivity contribution in [1.29, 1.82) is 0 Å². The number of carbonyl (C=O) groups excluding carboxylic acids is 1. The van der Waals surface area contributed by atoms with E-state index in [0.29, 0.717) is 24.1 Å². The molecule has 2 N–H and O–H groups in total. The van der Waals surface area contributed by atoms with E-state index in [1.54, 1.807) is 0 Å². The number of fused-ring (bicyclic) bond motifs is 1. The number of amides is 1. The van der Waals surface area contributed by atoms with Crippen LogP contribution in [0.1, 0.15) is 31.2 Å². The van der Waals surface area contributed by atoms with Crippen LogP contribution in [0, 0.1) is 0 Å². The van der Waals surface area contributed by atoms with Gasteiger partial charge in [0.1, 0.15) is 0 Å². The van der Waals surface area contributed by atoms with E-state index in [0.717, 1.165) is 25.1 Å². The summed E-state index contributed by atoms with van der Waals surface area (Å²) in [7, 11) is 0. The Morgan fingerprint density at radius 3 is 2.95 bits per heavy atom. The summed E-state index contributed by atoms with van der Waals surface area (Å²) in [6, 6.07) is 8.74. The molecule has 0 saturated heterocycles. The fourth-order valence-corrected chi connectivity index (χ4v) is 2.94. The number of benzene rings is 1. The molecule has 5 heteroatoms. The first kappa shape index (κ1) is 14.3. The van der Waals surface area contributed by atoms with Crippen LogP contribution >= 0.6 is 12.2 Å². The highest BCUT2D eigenvalue weighted by Gasteiger charge is 2.23. The fourth-order valence-electron chi connectivity index (χ4n) is 2.67. The standard InChI is InChI=1S/C16H21N3OS/c20-15(9-10-17-16(21)18-13-7-8-13)19-11-3-5-12-4-1-2-6-14(12)19/h1-2,4,6,13H,3,5,7-11H2,(H2,17,18,21). The van der Waals surface area contributed by atoms with Crippen molar-refractivity contribution in [2.45, 2.75) is 38.1 Å². The lowest BCUT2D eigenvalue weighted by Gasteiger charge is -2.29. The van der Waals surface area contributed by atoms with Gasteiger partial charge in [0.15, 0.2) is 5.11 Å². The monoisotopic (exact) mass is 303 g/mol. The van der Waals surface area contributed by atoms with Gasteiger partial charge in [-0.1, -0.05) is 18.2 Å². The number of anilines is 1. The molecule has 1 aromatic rings. The molecule has 1 saturated carbocycles. The number of aryl methyl sites for hydroxylation is 1. The highest BCUT2D eigenvalue weighted by molar-refractivity contribution is 7.80. The van der Waals surface area contributed by atoms with Crippen molar-refractivity contribution in [2.75, 3.05) is 18.0 Å². The zero-order valence-corrected chi connectivity index (χ0v) is 12.9. The van der Waals surface area contributed by atoms with Crippen LogP contribution in [-0.4, -0.2) is 30.2 Å². The first-order valence-corrected chi connectivity index (χ1v) is 8.07. The third-order valence-corrected chi connectivity index (χ3v) is 4.21. The molecule has 1 amide bonds. The Morgan fingerprint density at radius 1 is 1.33 bits per heavy atom. The molecule has 4 nitrogen and oxygen atoms in total. The Hall–Kier alpha value is -1.62. The Bertz CT molecular complexity index is 542. The summed E-state index contributed by atoms with van der Waals surface area (Å²) in [5.74, 6) is 0.170. The van der Waals surface area contributed by atoms with Gasteiger partial charge in [0, 0.05) is 31.2 Å². The Labute approximate surface area is 130 Å². The zero-order valence-electron chi connectivity index (χ0n) is 12.1. The quantitative estimate of drug-likeness (QED) is 0.835. The largest absolute Gasteiger partial charge is 0.362 e. The SMILES string of the molecule is O=C(CCNC(=S)NC1CC1)N1CCCc2ccccc21. The van der Waals surface area contributed by atoms with Crippen molar-refractivity contribution in [3.8, 4) is 0 Å². The molecule has 1 aliphatic carbocycles. The van der Waals surface area contributed by atoms with E-state index in [9.17, 15) is 4.79 Å². The van der Waals surface area contributed by atoms with E-state index in [1.807, 2.05) is 23.1 Å². The molecule has 0 radical (unpaired) electrons. The highest BCUT2D eigenvalue weighted by Crippen LogP contribution is 2.27. The number of carbonyl (C=O) groups is 1. The molecule has 2 aliphatic rings. The molecule has 1 heterocycles. The van der Waals surface area contributed by atoms with E-state index in [2.05, 4.69) is 16.7 Å². The summed E-state index contributed by atoms with van der Waals surface area (Å²) in [4.78, 5) is 14.3. The molecule has 0 atom stereocenters. The van der Waals surface area contributed by atoms with Crippen molar-refractivity contribution >= 4 is 28.9 Å². The number of hydrogen-bond donors (Lipinski definition) is 2. The second-order valence-electron chi connectivity index (χ2n) is 5.70. The van der Waals surface area contributed by atoms with E-state index in [-0.39, 0.29) is 5.91 Å². The molecule has 112 valence electrons. The normalized spacial score (nSPS) is 17.0. The lowest BCUT2D eigenvalue weighted by Crippen LogP contribution is -2.40. The lowest BCUT2D eigenvalue weighted by molar-refractivity contribution is -0.118. The van der Waals surface area contributed by atoms with Crippen molar-refractivity contribution in [3.05, 3.63) is 29.8 Å². The lowest BCUT2D eigenvalue weighted by atomic mass is 10.0. The van der Waals surface area contributed by atoms with Crippen LogP contribution in [-0.2, 0) is 11.2 Å². The summed E-state index contributed by atoms with van der Waals surface area (Å²) < 4.78 is 0. The zero-order chi connectivity index (χ0) is 14.7. The van der Waals surface area contributed by atoms with Gasteiger partial charge in [-0.2, -0.15) is 0 Å². The minimum absolute atomic E-state index is 0.170. The number of nitrogens with zero attached hydrogens (tertiary/aromatic N) is 1. The van der Waals surface area contributed by atoms with Gasteiger partial charge in [-0.05, 0) is 49.5 Å². The predicted molar refractivity (Wildman–Crippen MR) is 88.5 cm³/mol. The van der Waals surface area contributed by atoms with Gasteiger partial charge in [-0.3, -0.25) is 4.79 Å². The molecule has 0 bridgehead atoms. The first-order chi connectivity index (χ1) is 10.2. The van der Waals surface area contributed by atoms with Gasteiger partial charge in [0.05, 0.1) is 0 Å². The first-order valence-electron chi connectivity index (χ1n) is 7.66. The van der Waals surface area contributed by atoms with Gasteiger partial charge >= 0.3 is 0 Å². The maximum Gasteiger partial charge on any atom is 0.228 e. The van der Waals surface area contributed by atoms with Crippen molar-refractivity contribution < 1.29 is 4.79 Å². The smallest absolute Gasteiger partial charge is 0.228 e. The second kappa shape index (κ2) is 6.43. The molecule has 1 aromatic carbocycles. The van der Waals surface area contributed by atoms with Crippen LogP contribution in [0.2, 0.25) is 0 Å². The number of nitrogens with one attached hydrogen (secondary N) is 2. The predicted octanol–water partition coefficient (Wildman–Crippen LogP) is 1.98. The van der Waals surface area contributed by atoms with E-state index >= 15 is 0 Å². The Morgan fingerprint density at radius 2 is 2.14 bits per heavy atom. The third kappa shape index (κ3) is 3.73. The van der Waals surface area contributed by atoms with E-state index in [1.165, 1.54) is 18.4 Å². The number of hydrogen-bond acceptors (Lipinski definition) is 2. The number of para-hydroxylation sites is 1. The third-order valence-electron chi connectivity index (χ3n) is 3.95. The fraction of sp³-hybridized carbons (Fsp3) is 0.500. The van der Waals surface area contributed by atoms with Crippen molar-refractivity contribution in [2.24, 2.45) is 0 Å². The topological polar surface area (TPSA) is 44.4 Å². The van der Waals surface area contributed by atoms with Crippen LogP contribution in [0.4, 0.5) is 5.69 Å². The molecule has 21 heavy (non-hydrogen) atoms. The van der Waals surface area contributed by atoms with Crippen molar-refractivity contribution in [3.63, 3.8) is 0 Å². The van der Waals surface area contributed by atoms with Gasteiger partial charge in [0.2, 0.25) is 5.91 Å². The Balaban J connectivity index is 1.50. The minimum Gasteiger partial charge on any atom is -0.362 e. The van der Waals surface area contributed by atoms with Crippen molar-refractivity contribution in [1.82, 2.24) is 10.6 Å². The molecule has 0 aromatic heterocycles. The molecule has 0 unspecified atom stereocenters. The van der Waals surface area contributed by atoms with Crippen LogP contribution < -0.4 is 15.5 Å². The highest BCUT2D eigenvalue weighted by atomic mass is 32.1. The molecule has 1 fully saturated rings. The average Bonchev–Trinajstić information content (AvgIpc) is 3.30. The molecular formula is C16H21N3OS. The minimum atomic E-state index is 0.170.